The highest BCUT2D eigenvalue weighted by Gasteiger charge is 2.14. The Hall–Kier alpha value is -2.66. The number of ketones is 1. The zero-order valence-electron chi connectivity index (χ0n) is 12.9. The Morgan fingerprint density at radius 2 is 1.83 bits per heavy atom. The van der Waals surface area contributed by atoms with Crippen LogP contribution in [0.2, 0.25) is 5.02 Å². The molecule has 2 heterocycles. The molecule has 0 aliphatic heterocycles. The monoisotopic (exact) mass is 341 g/mol. The topological polar surface area (TPSA) is 57.0 Å². The van der Waals surface area contributed by atoms with Crippen LogP contribution >= 0.6 is 11.6 Å². The van der Waals surface area contributed by atoms with Crippen molar-refractivity contribution >= 4 is 17.4 Å². The molecule has 0 aliphatic carbocycles. The van der Waals surface area contributed by atoms with Gasteiger partial charge in [-0.3, -0.25) is 9.78 Å². The molecule has 0 fully saturated rings. The van der Waals surface area contributed by atoms with E-state index in [0.29, 0.717) is 29.6 Å². The average molecular weight is 342 g/mol. The van der Waals surface area contributed by atoms with Gasteiger partial charge in [0.1, 0.15) is 5.75 Å². The van der Waals surface area contributed by atoms with Crippen molar-refractivity contribution in [1.29, 1.82) is 0 Å². The number of pyridine rings is 1. The van der Waals surface area contributed by atoms with Crippen molar-refractivity contribution in [1.82, 2.24) is 14.5 Å². The van der Waals surface area contributed by atoms with Gasteiger partial charge < -0.3 is 9.30 Å². The van der Waals surface area contributed by atoms with Crippen LogP contribution in [0.15, 0.2) is 61.2 Å². The molecule has 0 saturated carbocycles. The lowest BCUT2D eigenvalue weighted by atomic mass is 10.1. The van der Waals surface area contributed by atoms with E-state index in [1.54, 1.807) is 49.1 Å². The summed E-state index contributed by atoms with van der Waals surface area (Å²) >= 11 is 5.84. The van der Waals surface area contributed by atoms with Crippen molar-refractivity contribution < 1.29 is 9.53 Å². The summed E-state index contributed by atoms with van der Waals surface area (Å²) < 4.78 is 7.50. The number of rotatable bonds is 7. The minimum atomic E-state index is -0.110. The second-order valence-electron chi connectivity index (χ2n) is 5.17. The van der Waals surface area contributed by atoms with Crippen molar-refractivity contribution in [3.05, 3.63) is 77.6 Å². The maximum absolute atomic E-state index is 12.5. The van der Waals surface area contributed by atoms with Crippen LogP contribution in [-0.4, -0.2) is 26.9 Å². The minimum Gasteiger partial charge on any atom is -0.494 e. The van der Waals surface area contributed by atoms with Gasteiger partial charge in [-0.05, 0) is 42.8 Å². The van der Waals surface area contributed by atoms with E-state index in [4.69, 9.17) is 16.3 Å². The molecular formula is C18H16ClN3O2. The average Bonchev–Trinajstić information content (AvgIpc) is 3.09. The summed E-state index contributed by atoms with van der Waals surface area (Å²) in [7, 11) is 0. The highest BCUT2D eigenvalue weighted by molar-refractivity contribution is 6.30. The summed E-state index contributed by atoms with van der Waals surface area (Å²) in [5.41, 5.74) is 0.579. The summed E-state index contributed by atoms with van der Waals surface area (Å²) in [6, 6.07) is 10.6. The van der Waals surface area contributed by atoms with Crippen LogP contribution in [0.5, 0.6) is 5.75 Å². The molecule has 0 bridgehead atoms. The van der Waals surface area contributed by atoms with Gasteiger partial charge in [0.05, 0.1) is 6.61 Å². The molecule has 0 N–H and O–H groups in total. The number of hydrogen-bond acceptors (Lipinski definition) is 4. The molecule has 0 radical (unpaired) electrons. The first-order valence-corrected chi connectivity index (χ1v) is 7.96. The minimum absolute atomic E-state index is 0.110. The lowest BCUT2D eigenvalue weighted by Crippen LogP contribution is -2.13. The zero-order chi connectivity index (χ0) is 16.8. The number of hydrogen-bond donors (Lipinski definition) is 0. The second kappa shape index (κ2) is 7.75. The Bertz CT molecular complexity index is 801. The van der Waals surface area contributed by atoms with Gasteiger partial charge in [0.15, 0.2) is 5.82 Å². The van der Waals surface area contributed by atoms with E-state index in [2.05, 4.69) is 9.97 Å². The number of carbonyl (C=O) groups is 1. The first-order valence-electron chi connectivity index (χ1n) is 7.58. The summed E-state index contributed by atoms with van der Waals surface area (Å²) in [6.07, 6.45) is 7.39. The van der Waals surface area contributed by atoms with Crippen LogP contribution in [0.4, 0.5) is 0 Å². The predicted molar refractivity (Wildman–Crippen MR) is 91.5 cm³/mol. The zero-order valence-corrected chi connectivity index (χ0v) is 13.7. The number of halogens is 1. The Kier molecular flexibility index (Phi) is 5.23. The molecule has 0 saturated heterocycles. The predicted octanol–water partition coefficient (Wildman–Crippen LogP) is 3.63. The Labute approximate surface area is 144 Å². The molecule has 0 atom stereocenters. The Balaban J connectivity index is 1.56. The summed E-state index contributed by atoms with van der Waals surface area (Å²) in [5, 5.41) is 0.681. The van der Waals surface area contributed by atoms with E-state index < -0.39 is 0 Å². The van der Waals surface area contributed by atoms with Crippen LogP contribution in [0.25, 0.3) is 0 Å². The number of nitrogens with zero attached hydrogens (tertiary/aromatic N) is 3. The number of ether oxygens (including phenoxy) is 1. The van der Waals surface area contributed by atoms with E-state index in [1.807, 2.05) is 16.7 Å². The maximum atomic E-state index is 12.5. The first-order chi connectivity index (χ1) is 11.7. The molecule has 0 aliphatic rings. The Morgan fingerprint density at radius 3 is 2.58 bits per heavy atom. The van der Waals surface area contributed by atoms with Crippen LogP contribution in [0, 0.1) is 0 Å². The molecule has 0 amide bonds. The van der Waals surface area contributed by atoms with Gasteiger partial charge in [0.25, 0.3) is 0 Å². The van der Waals surface area contributed by atoms with Crippen LogP contribution in [0.3, 0.4) is 0 Å². The number of aromatic nitrogens is 3. The molecular weight excluding hydrogens is 326 g/mol. The number of benzene rings is 1. The molecule has 6 heteroatoms. The van der Waals surface area contributed by atoms with E-state index in [9.17, 15) is 4.79 Å². The molecule has 1 aromatic carbocycles. The molecule has 24 heavy (non-hydrogen) atoms. The molecule has 0 unspecified atom stereocenters. The quantitative estimate of drug-likeness (QED) is 0.486. The van der Waals surface area contributed by atoms with Crippen molar-refractivity contribution in [2.24, 2.45) is 0 Å². The molecule has 122 valence electrons. The van der Waals surface area contributed by atoms with Gasteiger partial charge in [0, 0.05) is 41.9 Å². The number of carbonyl (C=O) groups excluding carboxylic acids is 1. The first kappa shape index (κ1) is 16.2. The molecule has 2 aromatic heterocycles. The van der Waals surface area contributed by atoms with E-state index in [1.165, 1.54) is 0 Å². The van der Waals surface area contributed by atoms with Crippen LogP contribution < -0.4 is 4.74 Å². The second-order valence-corrected chi connectivity index (χ2v) is 5.60. The van der Waals surface area contributed by atoms with Crippen LogP contribution in [0.1, 0.15) is 22.6 Å². The van der Waals surface area contributed by atoms with Gasteiger partial charge in [-0.15, -0.1) is 0 Å². The van der Waals surface area contributed by atoms with Crippen molar-refractivity contribution in [2.75, 3.05) is 6.61 Å². The fourth-order valence-corrected chi connectivity index (χ4v) is 2.41. The molecule has 5 nitrogen and oxygen atoms in total. The lowest BCUT2D eigenvalue weighted by Gasteiger charge is -2.09. The highest BCUT2D eigenvalue weighted by Crippen LogP contribution is 2.16. The fourth-order valence-electron chi connectivity index (χ4n) is 2.29. The van der Waals surface area contributed by atoms with Crippen molar-refractivity contribution in [2.45, 2.75) is 13.0 Å². The molecule has 3 aromatic rings. The third-order valence-electron chi connectivity index (χ3n) is 3.49. The highest BCUT2D eigenvalue weighted by atomic mass is 35.5. The van der Waals surface area contributed by atoms with Gasteiger partial charge in [-0.1, -0.05) is 11.6 Å². The normalized spacial score (nSPS) is 10.5. The largest absolute Gasteiger partial charge is 0.494 e. The van der Waals surface area contributed by atoms with E-state index in [0.717, 1.165) is 12.2 Å². The van der Waals surface area contributed by atoms with Gasteiger partial charge in [0.2, 0.25) is 5.78 Å². The SMILES string of the molecule is O=C(c1ccncc1)c1nccn1CCCOc1ccc(Cl)cc1. The maximum Gasteiger partial charge on any atom is 0.228 e. The van der Waals surface area contributed by atoms with Crippen molar-refractivity contribution in [3.8, 4) is 5.75 Å². The third-order valence-corrected chi connectivity index (χ3v) is 3.74. The number of imidazole rings is 1. The third kappa shape index (κ3) is 4.00. The smallest absolute Gasteiger partial charge is 0.228 e. The molecule has 0 spiro atoms. The van der Waals surface area contributed by atoms with E-state index in [-0.39, 0.29) is 5.78 Å². The lowest BCUT2D eigenvalue weighted by molar-refractivity contribution is 0.102. The van der Waals surface area contributed by atoms with Gasteiger partial charge in [-0.25, -0.2) is 4.98 Å². The number of aryl methyl sites for hydroxylation is 1. The van der Waals surface area contributed by atoms with Crippen LogP contribution in [-0.2, 0) is 6.54 Å². The van der Waals surface area contributed by atoms with Gasteiger partial charge in [-0.2, -0.15) is 0 Å². The van der Waals surface area contributed by atoms with E-state index >= 15 is 0 Å². The summed E-state index contributed by atoms with van der Waals surface area (Å²) in [5.74, 6) is 1.09. The fraction of sp³-hybridized carbons (Fsp3) is 0.167. The van der Waals surface area contributed by atoms with Gasteiger partial charge >= 0.3 is 0 Å². The molecule has 3 rings (SSSR count). The Morgan fingerprint density at radius 1 is 1.08 bits per heavy atom. The summed E-state index contributed by atoms with van der Waals surface area (Å²) in [6.45, 7) is 1.20. The summed E-state index contributed by atoms with van der Waals surface area (Å²) in [4.78, 5) is 20.6. The standard InChI is InChI=1S/C18H16ClN3O2/c19-15-2-4-16(5-3-15)24-13-1-11-22-12-10-21-18(22)17(23)14-6-8-20-9-7-14/h2-10,12H,1,11,13H2. The van der Waals surface area contributed by atoms with Crippen molar-refractivity contribution in [3.63, 3.8) is 0 Å².